The minimum absolute atomic E-state index is 1.27. The van der Waals surface area contributed by atoms with Gasteiger partial charge in [-0.05, 0) is 38.5 Å². The summed E-state index contributed by atoms with van der Waals surface area (Å²) in [6, 6.07) is 0. The van der Waals surface area contributed by atoms with E-state index in [1.54, 1.807) is 0 Å². The molecule has 10 heteroatoms. The molecular weight excluding hydrogens is 729 g/mol. The summed E-state index contributed by atoms with van der Waals surface area (Å²) >= 11 is 0. The lowest BCUT2D eigenvalue weighted by Gasteiger charge is -2.20. The van der Waals surface area contributed by atoms with Crippen LogP contribution in [0.4, 0.5) is 13.2 Å². The molecule has 0 spiro atoms. The Kier molecular flexibility index (Phi) is 38.2. The van der Waals surface area contributed by atoms with E-state index in [1.165, 1.54) is 230 Å². The first kappa shape index (κ1) is 55.4. The Labute approximate surface area is 330 Å². The van der Waals surface area contributed by atoms with Gasteiger partial charge in [-0.15, -0.1) is 0 Å². The van der Waals surface area contributed by atoms with Gasteiger partial charge in [-0.1, -0.05) is 196 Å². The highest BCUT2D eigenvalue weighted by Crippen LogP contribution is 2.56. The lowest BCUT2D eigenvalue weighted by Crippen LogP contribution is -2.21. The van der Waals surface area contributed by atoms with Crippen molar-refractivity contribution in [1.82, 2.24) is 4.17 Å². The third-order valence-electron chi connectivity index (χ3n) is 10.7. The van der Waals surface area contributed by atoms with Gasteiger partial charge >= 0.3 is 5.51 Å². The minimum Gasteiger partial charge on any atom is -0.741 e. The van der Waals surface area contributed by atoms with Crippen LogP contribution in [-0.2, 0) is 10.1 Å². The Morgan fingerprint density at radius 1 is 0.377 bits per heavy atom. The lowest BCUT2D eigenvalue weighted by atomic mass is 10.2. The highest BCUT2D eigenvalue weighted by Gasteiger charge is 2.37. The normalized spacial score (nSPS) is 12.5. The van der Waals surface area contributed by atoms with Gasteiger partial charge < -0.3 is 4.55 Å². The van der Waals surface area contributed by atoms with Crippen molar-refractivity contribution in [1.29, 1.82) is 0 Å². The second-order valence-electron chi connectivity index (χ2n) is 16.0. The molecule has 0 aliphatic heterocycles. The number of alkyl halides is 3. The number of rotatable bonds is 36. The molecule has 0 amide bonds. The molecule has 0 heterocycles. The van der Waals surface area contributed by atoms with Crippen LogP contribution in [0.15, 0.2) is 0 Å². The molecular formula is C43H90F3NO3P2S. The summed E-state index contributed by atoms with van der Waals surface area (Å²) in [5.41, 5.74) is -5.65. The maximum Gasteiger partial charge on any atom is 0.485 e. The number of hydrogen-bond acceptors (Lipinski definition) is 3. The molecule has 0 aliphatic rings. The van der Waals surface area contributed by atoms with Crippen LogP contribution in [-0.4, -0.2) is 55.5 Å². The molecule has 0 bridgehead atoms. The summed E-state index contributed by atoms with van der Waals surface area (Å²) in [6.45, 7) is 14.2. The molecule has 0 aromatic carbocycles. The van der Waals surface area contributed by atoms with Crippen molar-refractivity contribution in [3.8, 4) is 0 Å². The Balaban J connectivity index is 0. The summed E-state index contributed by atoms with van der Waals surface area (Å²) in [5.74, 6) is 0. The van der Waals surface area contributed by atoms with Crippen molar-refractivity contribution in [2.45, 2.75) is 240 Å². The van der Waals surface area contributed by atoms with E-state index >= 15 is 0 Å². The summed E-state index contributed by atoms with van der Waals surface area (Å²) in [6.07, 6.45) is 52.2. The molecule has 0 saturated heterocycles. The number of nitrogens with zero attached hydrogens (tertiary/aromatic N) is 1. The monoisotopic (exact) mass is 820 g/mol. The van der Waals surface area contributed by atoms with Crippen molar-refractivity contribution in [3.05, 3.63) is 0 Å². The molecule has 0 rings (SSSR count). The van der Waals surface area contributed by atoms with E-state index in [2.05, 4.69) is 41.5 Å². The van der Waals surface area contributed by atoms with E-state index in [9.17, 15) is 13.2 Å². The van der Waals surface area contributed by atoms with Gasteiger partial charge in [-0.2, -0.15) is 17.3 Å². The van der Waals surface area contributed by atoms with Crippen LogP contribution >= 0.6 is 14.1 Å². The summed E-state index contributed by atoms with van der Waals surface area (Å²) in [4.78, 5) is 0. The standard InChI is InChI=1S/C42H90NP2.CHF3O3S/c1-7-13-19-25-31-37-44(38-32-26-20-14-8-2,39-33-27-21-15-9-3)43-45(40-34-28-22-16-10-4,41-35-29-23-17-11-5)42-36-30-24-18-12-6;2-1(3,4)8(5,6)7/h7-42H2,1-6H3;(H,5,6,7)/q+1;/p-1. The highest BCUT2D eigenvalue weighted by atomic mass is 32.2. The number of halogens is 3. The van der Waals surface area contributed by atoms with Crippen molar-refractivity contribution in [2.75, 3.05) is 37.0 Å². The van der Waals surface area contributed by atoms with E-state index in [1.807, 2.05) is 0 Å². The summed E-state index contributed by atoms with van der Waals surface area (Å²) in [7, 11) is -8.64. The van der Waals surface area contributed by atoms with Crippen LogP contribution in [0.1, 0.15) is 234 Å². The van der Waals surface area contributed by atoms with Gasteiger partial charge in [-0.25, -0.2) is 8.42 Å². The second kappa shape index (κ2) is 36.6. The smallest absolute Gasteiger partial charge is 0.485 e. The van der Waals surface area contributed by atoms with Crippen molar-refractivity contribution < 1.29 is 26.1 Å². The molecule has 0 saturated carbocycles. The first-order valence-corrected chi connectivity index (χ1v) is 28.8. The Morgan fingerprint density at radius 3 is 0.660 bits per heavy atom. The average Bonchev–Trinajstić information content (AvgIpc) is 3.10. The Morgan fingerprint density at radius 2 is 0.528 bits per heavy atom. The van der Waals surface area contributed by atoms with E-state index in [0.717, 1.165) is 0 Å². The van der Waals surface area contributed by atoms with E-state index in [4.69, 9.17) is 17.1 Å². The lowest BCUT2D eigenvalue weighted by molar-refractivity contribution is -0.0517. The first-order valence-electron chi connectivity index (χ1n) is 22.8. The fraction of sp³-hybridized carbons (Fsp3) is 1.00. The first-order chi connectivity index (χ1) is 25.3. The van der Waals surface area contributed by atoms with Crippen LogP contribution in [0.2, 0.25) is 0 Å². The maximum atomic E-state index is 10.7. The van der Waals surface area contributed by atoms with Crippen LogP contribution in [0.5, 0.6) is 0 Å². The van der Waals surface area contributed by atoms with Crippen molar-refractivity contribution in [2.24, 2.45) is 0 Å². The molecule has 0 aliphatic carbocycles. The van der Waals surface area contributed by atoms with Crippen LogP contribution < -0.4 is 4.17 Å². The Hall–Kier alpha value is 0.270. The van der Waals surface area contributed by atoms with Gasteiger partial charge in [0.15, 0.2) is 10.1 Å². The predicted octanol–water partition coefficient (Wildman–Crippen LogP) is 16.3. The van der Waals surface area contributed by atoms with Crippen molar-refractivity contribution >= 4 is 24.2 Å². The predicted molar refractivity (Wildman–Crippen MR) is 233 cm³/mol. The van der Waals surface area contributed by atoms with Gasteiger partial charge in [0.2, 0.25) is 14.1 Å². The van der Waals surface area contributed by atoms with Crippen molar-refractivity contribution in [3.63, 3.8) is 0 Å². The van der Waals surface area contributed by atoms with Gasteiger partial charge in [0.05, 0.1) is 0 Å². The SMILES string of the molecule is CCCCCCCP(CCCCCCC)(CCCCCCC)=[N+]=P(CCCCCCC)(CCCCCCC)CCCCCCC.O=S(=O)([O-])C(F)(F)F. The molecule has 0 aromatic rings. The maximum absolute atomic E-state index is 10.7. The average molecular weight is 820 g/mol. The second-order valence-corrected chi connectivity index (χ2v) is 25.2. The molecule has 0 unspecified atom stereocenters. The molecule has 0 atom stereocenters. The largest absolute Gasteiger partial charge is 0.741 e. The van der Waals surface area contributed by atoms with Crippen LogP contribution in [0.25, 0.3) is 0 Å². The zero-order chi connectivity index (χ0) is 40.2. The Bertz CT molecular complexity index is 889. The zero-order valence-electron chi connectivity index (χ0n) is 36.1. The fourth-order valence-electron chi connectivity index (χ4n) is 7.40. The van der Waals surface area contributed by atoms with Gasteiger partial charge in [0.1, 0.15) is 0 Å². The highest BCUT2D eigenvalue weighted by molar-refractivity contribution is 7.86. The molecule has 322 valence electrons. The number of hydrogen-bond donors (Lipinski definition) is 0. The molecule has 53 heavy (non-hydrogen) atoms. The summed E-state index contributed by atoms with van der Waals surface area (Å²) in [5, 5.41) is 0. The molecule has 0 radical (unpaired) electrons. The molecule has 0 fully saturated rings. The van der Waals surface area contributed by atoms with Gasteiger partial charge in [-0.3, -0.25) is 0 Å². The number of unbranched alkanes of at least 4 members (excludes halogenated alkanes) is 24. The van der Waals surface area contributed by atoms with E-state index in [0.29, 0.717) is 0 Å². The summed E-state index contributed by atoms with van der Waals surface area (Å²) < 4.78 is 65.6. The molecule has 4 nitrogen and oxygen atoms in total. The molecule has 0 aromatic heterocycles. The third-order valence-corrected chi connectivity index (χ3v) is 21.2. The van der Waals surface area contributed by atoms with E-state index in [-0.39, 0.29) is 0 Å². The third kappa shape index (κ3) is 33.0. The molecule has 0 N–H and O–H groups in total. The van der Waals surface area contributed by atoms with Crippen LogP contribution in [0, 0.1) is 0 Å². The van der Waals surface area contributed by atoms with E-state index < -0.39 is 29.7 Å². The van der Waals surface area contributed by atoms with Gasteiger partial charge in [0.25, 0.3) is 0 Å². The zero-order valence-corrected chi connectivity index (χ0v) is 38.7. The quantitative estimate of drug-likeness (QED) is 0.0208. The fourth-order valence-corrected chi connectivity index (χ4v) is 19.0. The van der Waals surface area contributed by atoms with Crippen LogP contribution in [0.3, 0.4) is 0 Å². The minimum atomic E-state index is -6.09. The topological polar surface area (TPSA) is 71.3 Å². The van der Waals surface area contributed by atoms with Gasteiger partial charge in [0, 0.05) is 37.0 Å².